The number of aliphatic imine (C=N–C) groups is 1. The van der Waals surface area contributed by atoms with Crippen LogP contribution >= 0.6 is 24.0 Å². The third-order valence-corrected chi connectivity index (χ3v) is 6.49. The van der Waals surface area contributed by atoms with E-state index in [1.54, 1.807) is 0 Å². The molecule has 1 aliphatic carbocycles. The molecule has 0 bridgehead atoms. The van der Waals surface area contributed by atoms with E-state index >= 15 is 0 Å². The number of halogens is 1. The topological polar surface area (TPSA) is 40.1 Å². The Hall–Kier alpha value is -1.64. The van der Waals surface area contributed by atoms with Crippen molar-refractivity contribution in [2.45, 2.75) is 37.1 Å². The fraction of sp³-hybridized carbons (Fsp3) is 0.458. The number of benzene rings is 2. The second-order valence-corrected chi connectivity index (χ2v) is 8.39. The van der Waals surface area contributed by atoms with Crippen LogP contribution in [0.4, 0.5) is 0 Å². The van der Waals surface area contributed by atoms with Gasteiger partial charge >= 0.3 is 0 Å². The zero-order chi connectivity index (χ0) is 19.6. The van der Waals surface area contributed by atoms with Gasteiger partial charge in [-0.3, -0.25) is 9.89 Å². The van der Waals surface area contributed by atoms with Crippen molar-refractivity contribution in [3.05, 3.63) is 71.8 Å². The average molecular weight is 518 g/mol. The maximum Gasteiger partial charge on any atom is 0.194 e. The molecule has 30 heavy (non-hydrogen) atoms. The van der Waals surface area contributed by atoms with Crippen molar-refractivity contribution in [3.8, 4) is 0 Å². The van der Waals surface area contributed by atoms with Crippen molar-refractivity contribution in [1.82, 2.24) is 15.1 Å². The summed E-state index contributed by atoms with van der Waals surface area (Å²) in [6.07, 6.45) is 1.44. The monoisotopic (exact) mass is 518 g/mol. The van der Waals surface area contributed by atoms with E-state index in [-0.39, 0.29) is 30.1 Å². The fourth-order valence-electron chi connectivity index (χ4n) is 4.83. The molecule has 6 heteroatoms. The lowest BCUT2D eigenvalue weighted by molar-refractivity contribution is -0.0502. The van der Waals surface area contributed by atoms with Crippen LogP contribution in [0, 0.1) is 0 Å². The Bertz CT molecular complexity index is 847. The van der Waals surface area contributed by atoms with Gasteiger partial charge in [-0.15, -0.1) is 24.0 Å². The molecule has 1 N–H and O–H groups in total. The average Bonchev–Trinajstić information content (AvgIpc) is 3.41. The summed E-state index contributed by atoms with van der Waals surface area (Å²) in [5.41, 5.74) is 2.80. The van der Waals surface area contributed by atoms with Crippen LogP contribution in [0.3, 0.4) is 0 Å². The largest absolute Gasteiger partial charge is 0.373 e. The van der Waals surface area contributed by atoms with Crippen LogP contribution in [-0.2, 0) is 11.3 Å². The second kappa shape index (κ2) is 9.66. The SMILES string of the molecule is CN=C(NC1CC1c1ccccc1)N1CC2OCCN(Cc3ccccc3)C2C1.I. The molecule has 4 atom stereocenters. The maximum absolute atomic E-state index is 6.14. The van der Waals surface area contributed by atoms with Gasteiger partial charge in [0.1, 0.15) is 0 Å². The highest BCUT2D eigenvalue weighted by Crippen LogP contribution is 2.40. The van der Waals surface area contributed by atoms with E-state index in [4.69, 9.17) is 4.74 Å². The van der Waals surface area contributed by atoms with Crippen molar-refractivity contribution in [1.29, 1.82) is 0 Å². The highest BCUT2D eigenvalue weighted by molar-refractivity contribution is 14.0. The zero-order valence-electron chi connectivity index (χ0n) is 17.5. The Morgan fingerprint density at radius 3 is 2.53 bits per heavy atom. The molecule has 2 heterocycles. The van der Waals surface area contributed by atoms with E-state index in [2.05, 4.69) is 80.8 Å². The summed E-state index contributed by atoms with van der Waals surface area (Å²) in [5, 5.41) is 3.71. The molecule has 2 aliphatic heterocycles. The molecule has 160 valence electrons. The smallest absolute Gasteiger partial charge is 0.194 e. The molecule has 2 aromatic rings. The quantitative estimate of drug-likeness (QED) is 0.383. The number of morpholine rings is 1. The van der Waals surface area contributed by atoms with Gasteiger partial charge < -0.3 is 15.0 Å². The number of hydrogen-bond acceptors (Lipinski definition) is 3. The first-order valence-electron chi connectivity index (χ1n) is 10.7. The molecule has 0 spiro atoms. The van der Waals surface area contributed by atoms with E-state index in [0.29, 0.717) is 18.0 Å². The number of likely N-dealkylation sites (tertiary alicyclic amines) is 1. The van der Waals surface area contributed by atoms with Crippen LogP contribution in [0.25, 0.3) is 0 Å². The Balaban J connectivity index is 0.00000218. The Labute approximate surface area is 196 Å². The third-order valence-electron chi connectivity index (χ3n) is 6.49. The van der Waals surface area contributed by atoms with Gasteiger partial charge in [0.05, 0.1) is 18.8 Å². The van der Waals surface area contributed by atoms with Crippen LogP contribution in [0.2, 0.25) is 0 Å². The second-order valence-electron chi connectivity index (χ2n) is 8.39. The molecule has 1 saturated carbocycles. The Kier molecular flexibility index (Phi) is 6.95. The number of rotatable bonds is 4. The lowest BCUT2D eigenvalue weighted by Crippen LogP contribution is -2.50. The van der Waals surface area contributed by atoms with Gasteiger partial charge in [-0.1, -0.05) is 60.7 Å². The molecule has 3 aliphatic rings. The summed E-state index contributed by atoms with van der Waals surface area (Å²) in [5.74, 6) is 1.62. The predicted octanol–water partition coefficient (Wildman–Crippen LogP) is 3.32. The van der Waals surface area contributed by atoms with Crippen molar-refractivity contribution in [3.63, 3.8) is 0 Å². The number of hydrogen-bond donors (Lipinski definition) is 1. The van der Waals surface area contributed by atoms with E-state index in [0.717, 1.165) is 38.7 Å². The van der Waals surface area contributed by atoms with Crippen molar-refractivity contribution >= 4 is 29.9 Å². The van der Waals surface area contributed by atoms with Gasteiger partial charge in [0.15, 0.2) is 5.96 Å². The molecular weight excluding hydrogens is 487 g/mol. The van der Waals surface area contributed by atoms with Gasteiger partial charge in [-0.05, 0) is 17.5 Å². The molecule has 0 radical (unpaired) electrons. The number of fused-ring (bicyclic) bond motifs is 1. The summed E-state index contributed by atoms with van der Waals surface area (Å²) in [4.78, 5) is 9.57. The number of nitrogens with one attached hydrogen (secondary N) is 1. The predicted molar refractivity (Wildman–Crippen MR) is 131 cm³/mol. The summed E-state index contributed by atoms with van der Waals surface area (Å²) >= 11 is 0. The first-order chi connectivity index (χ1) is 14.3. The first-order valence-corrected chi connectivity index (χ1v) is 10.7. The first kappa shape index (κ1) is 21.6. The van der Waals surface area contributed by atoms with Crippen LogP contribution in [-0.4, -0.2) is 67.2 Å². The maximum atomic E-state index is 6.14. The highest BCUT2D eigenvalue weighted by atomic mass is 127. The molecule has 4 unspecified atom stereocenters. The highest BCUT2D eigenvalue weighted by Gasteiger charge is 2.44. The van der Waals surface area contributed by atoms with E-state index in [9.17, 15) is 0 Å². The summed E-state index contributed by atoms with van der Waals surface area (Å²) < 4.78 is 6.14. The minimum absolute atomic E-state index is 0. The van der Waals surface area contributed by atoms with Gasteiger partial charge in [0.25, 0.3) is 0 Å². The van der Waals surface area contributed by atoms with Crippen LogP contribution in [0.5, 0.6) is 0 Å². The van der Waals surface area contributed by atoms with Crippen LogP contribution in [0.15, 0.2) is 65.7 Å². The molecule has 0 amide bonds. The molecule has 5 nitrogen and oxygen atoms in total. The summed E-state index contributed by atoms with van der Waals surface area (Å²) in [7, 11) is 1.90. The molecule has 0 aromatic heterocycles. The van der Waals surface area contributed by atoms with Gasteiger partial charge in [-0.2, -0.15) is 0 Å². The third kappa shape index (κ3) is 4.65. The van der Waals surface area contributed by atoms with E-state index in [1.165, 1.54) is 17.5 Å². The zero-order valence-corrected chi connectivity index (χ0v) is 19.8. The Morgan fingerprint density at radius 2 is 1.80 bits per heavy atom. The molecule has 5 rings (SSSR count). The minimum atomic E-state index is 0. The summed E-state index contributed by atoms with van der Waals surface area (Å²) in [6.45, 7) is 4.68. The Morgan fingerprint density at radius 1 is 1.07 bits per heavy atom. The summed E-state index contributed by atoms with van der Waals surface area (Å²) in [6, 6.07) is 22.5. The van der Waals surface area contributed by atoms with Gasteiger partial charge in [0, 0.05) is 45.2 Å². The lowest BCUT2D eigenvalue weighted by atomic mass is 10.1. The molecule has 2 saturated heterocycles. The fourth-order valence-corrected chi connectivity index (χ4v) is 4.83. The van der Waals surface area contributed by atoms with Crippen molar-refractivity contribution in [2.75, 3.05) is 33.3 Å². The molecule has 2 aromatic carbocycles. The van der Waals surface area contributed by atoms with Gasteiger partial charge in [0.2, 0.25) is 0 Å². The van der Waals surface area contributed by atoms with Gasteiger partial charge in [-0.25, -0.2) is 0 Å². The molecular formula is C24H31IN4O. The lowest BCUT2D eigenvalue weighted by Gasteiger charge is -2.36. The van der Waals surface area contributed by atoms with Crippen molar-refractivity contribution in [2.24, 2.45) is 4.99 Å². The van der Waals surface area contributed by atoms with Crippen molar-refractivity contribution < 1.29 is 4.74 Å². The standard InChI is InChI=1S/C24H30N4O.HI/c1-25-24(26-21-14-20(21)19-10-6-3-7-11-19)28-16-22-23(17-28)29-13-12-27(22)15-18-8-4-2-5-9-18;/h2-11,20-23H,12-17H2,1H3,(H,25,26);1H. The van der Waals surface area contributed by atoms with Crippen LogP contribution < -0.4 is 5.32 Å². The number of ether oxygens (including phenoxy) is 1. The van der Waals surface area contributed by atoms with Crippen LogP contribution in [0.1, 0.15) is 23.5 Å². The normalized spacial score (nSPS) is 28.6. The number of nitrogens with zero attached hydrogens (tertiary/aromatic N) is 3. The van der Waals surface area contributed by atoms with E-state index in [1.807, 2.05) is 7.05 Å². The molecule has 3 fully saturated rings. The number of guanidine groups is 1. The minimum Gasteiger partial charge on any atom is -0.373 e. The van der Waals surface area contributed by atoms with E-state index < -0.39 is 0 Å².